The normalized spacial score (nSPS) is 20.5. The van der Waals surface area contributed by atoms with Crippen LogP contribution in [0.2, 0.25) is 0 Å². The number of nitrogens with zero attached hydrogens (tertiary/aromatic N) is 2. The summed E-state index contributed by atoms with van der Waals surface area (Å²) in [6.07, 6.45) is 1.40. The molecule has 1 aliphatic rings. The van der Waals surface area contributed by atoms with Crippen LogP contribution in [-0.4, -0.2) is 86.3 Å². The van der Waals surface area contributed by atoms with Crippen LogP contribution in [0, 0.1) is 11.7 Å². The number of aliphatic hydroxyl groups excluding tert-OH is 1. The minimum Gasteiger partial charge on any atom is -0.490 e. The Hall–Kier alpha value is -3.56. The van der Waals surface area contributed by atoms with Crippen LogP contribution < -0.4 is 15.4 Å². The highest BCUT2D eigenvalue weighted by Gasteiger charge is 2.32. The predicted octanol–water partition coefficient (Wildman–Crippen LogP) is 5.65. The van der Waals surface area contributed by atoms with E-state index in [-0.39, 0.29) is 41.5 Å². The predicted molar refractivity (Wildman–Crippen MR) is 180 cm³/mol. The Labute approximate surface area is 279 Å². The fraction of sp³-hybridized carbons (Fsp3) is 0.455. The third-order valence-electron chi connectivity index (χ3n) is 8.01. The quantitative estimate of drug-likeness (QED) is 0.278. The number of fused-ring (bicyclic) bond motifs is 1. The summed E-state index contributed by atoms with van der Waals surface area (Å²) in [5, 5.41) is 17.2. The van der Waals surface area contributed by atoms with Crippen molar-refractivity contribution in [3.8, 4) is 5.75 Å². The van der Waals surface area contributed by atoms with Crippen molar-refractivity contribution in [1.29, 1.82) is 0 Å². The molecule has 47 heavy (non-hydrogen) atoms. The van der Waals surface area contributed by atoms with E-state index in [1.165, 1.54) is 46.6 Å². The first-order valence-corrected chi connectivity index (χ1v) is 17.9. The summed E-state index contributed by atoms with van der Waals surface area (Å²) < 4.78 is 53.8. The van der Waals surface area contributed by atoms with Gasteiger partial charge < -0.3 is 30.1 Å². The third-order valence-corrected chi connectivity index (χ3v) is 11.2. The first kappa shape index (κ1) is 36.3. The molecule has 0 spiro atoms. The Bertz CT molecular complexity index is 1590. The zero-order valence-electron chi connectivity index (χ0n) is 27.0. The van der Waals surface area contributed by atoms with Gasteiger partial charge in [0.1, 0.15) is 15.8 Å². The lowest BCUT2D eigenvalue weighted by molar-refractivity contribution is -0.00832. The Morgan fingerprint density at radius 1 is 1.13 bits per heavy atom. The van der Waals surface area contributed by atoms with Crippen LogP contribution in [0.5, 0.6) is 5.75 Å². The molecule has 0 aliphatic carbocycles. The van der Waals surface area contributed by atoms with Crippen molar-refractivity contribution in [2.24, 2.45) is 5.92 Å². The number of likely N-dealkylation sites (N-methyl/N-ethyl adjacent to an activating group) is 1. The second-order valence-electron chi connectivity index (χ2n) is 11.8. The van der Waals surface area contributed by atoms with E-state index in [9.17, 15) is 27.5 Å². The molecule has 0 fully saturated rings. The average Bonchev–Trinajstić information content (AvgIpc) is 3.60. The third kappa shape index (κ3) is 9.73. The first-order valence-electron chi connectivity index (χ1n) is 15.6. The molecule has 0 saturated heterocycles. The number of anilines is 2. The van der Waals surface area contributed by atoms with Crippen LogP contribution in [0.15, 0.2) is 64.2 Å². The molecule has 0 saturated carbocycles. The molecule has 14 heteroatoms. The lowest BCUT2D eigenvalue weighted by atomic mass is 10.0. The monoisotopic (exact) mass is 690 g/mol. The van der Waals surface area contributed by atoms with E-state index in [1.54, 1.807) is 36.6 Å². The van der Waals surface area contributed by atoms with Gasteiger partial charge in [0, 0.05) is 44.0 Å². The highest BCUT2D eigenvalue weighted by atomic mass is 32.2. The zero-order chi connectivity index (χ0) is 34.1. The van der Waals surface area contributed by atoms with Crippen LogP contribution in [0.25, 0.3) is 0 Å². The number of amides is 3. The van der Waals surface area contributed by atoms with Crippen LogP contribution in [0.4, 0.5) is 20.6 Å². The molecule has 0 unspecified atom stereocenters. The summed E-state index contributed by atoms with van der Waals surface area (Å²) in [4.78, 5) is 28.6. The van der Waals surface area contributed by atoms with Crippen molar-refractivity contribution in [3.63, 3.8) is 0 Å². The van der Waals surface area contributed by atoms with Crippen LogP contribution in [0.3, 0.4) is 0 Å². The van der Waals surface area contributed by atoms with Crippen LogP contribution >= 0.6 is 11.3 Å². The largest absolute Gasteiger partial charge is 0.490 e. The number of hydrogen-bond acceptors (Lipinski definition) is 8. The van der Waals surface area contributed by atoms with Crippen molar-refractivity contribution in [1.82, 2.24) is 9.21 Å². The lowest BCUT2D eigenvalue weighted by Gasteiger charge is -2.35. The summed E-state index contributed by atoms with van der Waals surface area (Å²) in [6.45, 7) is 5.83. The molecule has 3 amide bonds. The van der Waals surface area contributed by atoms with Gasteiger partial charge in [-0.3, -0.25) is 4.79 Å². The lowest BCUT2D eigenvalue weighted by Crippen LogP contribution is -2.48. The molecule has 0 radical (unpaired) electrons. The highest BCUT2D eigenvalue weighted by molar-refractivity contribution is 7.91. The van der Waals surface area contributed by atoms with Gasteiger partial charge >= 0.3 is 6.03 Å². The molecule has 1 aliphatic heterocycles. The molecule has 3 N–H and O–H groups in total. The highest BCUT2D eigenvalue weighted by Crippen LogP contribution is 2.29. The number of aliphatic hydroxyl groups is 1. The van der Waals surface area contributed by atoms with Gasteiger partial charge in [0.2, 0.25) is 0 Å². The maximum absolute atomic E-state index is 14.3. The molecule has 4 rings (SSSR count). The number of ether oxygens (including phenoxy) is 2. The molecule has 2 heterocycles. The molecule has 0 bridgehead atoms. The fourth-order valence-corrected chi connectivity index (χ4v) is 7.59. The molecule has 2 aromatic carbocycles. The second kappa shape index (κ2) is 16.5. The van der Waals surface area contributed by atoms with Crippen molar-refractivity contribution in [2.45, 2.75) is 62.5 Å². The topological polar surface area (TPSA) is 138 Å². The number of urea groups is 1. The van der Waals surface area contributed by atoms with Gasteiger partial charge in [0.25, 0.3) is 15.9 Å². The van der Waals surface area contributed by atoms with Crippen molar-refractivity contribution in [3.05, 3.63) is 71.4 Å². The number of benzene rings is 2. The van der Waals surface area contributed by atoms with Gasteiger partial charge in [-0.15, -0.1) is 11.3 Å². The van der Waals surface area contributed by atoms with Gasteiger partial charge in [-0.25, -0.2) is 17.6 Å². The Morgan fingerprint density at radius 2 is 1.83 bits per heavy atom. The Morgan fingerprint density at radius 3 is 2.51 bits per heavy atom. The summed E-state index contributed by atoms with van der Waals surface area (Å²) in [5.74, 6) is -0.859. The number of rotatable bonds is 8. The molecular formula is C33H43FN4O7S2. The standard InChI is InChI=1S/C33H43FN4O7S2/c1-22-19-38(23(2)21-39)32(40)28-18-27(36-33(41)35-26-12-10-25(34)11-13-26)14-15-29(28)45-24(3)8-5-6-16-44-30(22)20-37(4)47(42,43)31-9-7-17-46-31/h7,9-15,17-18,22-24,30,39H,5-6,8,16,19-21H2,1-4H3,(H2,35,36,41)/t22-,23+,24-,30+/m0/s1. The number of halogens is 1. The van der Waals surface area contributed by atoms with Crippen molar-refractivity contribution >= 4 is 44.7 Å². The van der Waals surface area contributed by atoms with E-state index < -0.39 is 39.9 Å². The number of sulfonamides is 1. The number of carbonyl (C=O) groups is 2. The van der Waals surface area contributed by atoms with Gasteiger partial charge in [-0.05, 0) is 87.0 Å². The maximum atomic E-state index is 14.3. The second-order valence-corrected chi connectivity index (χ2v) is 15.0. The number of carbonyl (C=O) groups excluding carboxylic acids is 2. The molecular weight excluding hydrogens is 648 g/mol. The van der Waals surface area contributed by atoms with Crippen LogP contribution in [-0.2, 0) is 14.8 Å². The number of hydrogen-bond donors (Lipinski definition) is 3. The fourth-order valence-electron chi connectivity index (χ4n) is 5.20. The van der Waals surface area contributed by atoms with Crippen molar-refractivity contribution < 1.29 is 37.0 Å². The molecule has 1 aromatic heterocycles. The first-order chi connectivity index (χ1) is 22.4. The Balaban J connectivity index is 1.62. The molecule has 4 atom stereocenters. The van der Waals surface area contributed by atoms with Crippen molar-refractivity contribution in [2.75, 3.05) is 44.0 Å². The molecule has 3 aromatic rings. The van der Waals surface area contributed by atoms with E-state index >= 15 is 0 Å². The summed E-state index contributed by atoms with van der Waals surface area (Å²) >= 11 is 1.14. The minimum atomic E-state index is -3.73. The summed E-state index contributed by atoms with van der Waals surface area (Å²) in [6, 6.07) is 12.2. The number of thiophene rings is 1. The molecule has 256 valence electrons. The van der Waals surface area contributed by atoms with E-state index in [2.05, 4.69) is 10.6 Å². The summed E-state index contributed by atoms with van der Waals surface area (Å²) in [7, 11) is -2.21. The van der Waals surface area contributed by atoms with E-state index in [4.69, 9.17) is 9.47 Å². The molecule has 11 nitrogen and oxygen atoms in total. The smallest absolute Gasteiger partial charge is 0.323 e. The van der Waals surface area contributed by atoms with Gasteiger partial charge in [-0.2, -0.15) is 4.31 Å². The zero-order valence-corrected chi connectivity index (χ0v) is 28.7. The number of nitrogens with one attached hydrogen (secondary N) is 2. The Kier molecular flexibility index (Phi) is 12.7. The van der Waals surface area contributed by atoms with E-state index in [0.717, 1.165) is 24.2 Å². The SMILES string of the molecule is C[C@H](CO)N1C[C@H](C)[C@@H](CN(C)S(=O)(=O)c2cccs2)OCCCC[C@H](C)Oc2ccc(NC(=O)Nc3ccc(F)cc3)cc2C1=O. The van der Waals surface area contributed by atoms with E-state index in [0.29, 0.717) is 30.2 Å². The van der Waals surface area contributed by atoms with Gasteiger partial charge in [0.15, 0.2) is 0 Å². The summed E-state index contributed by atoms with van der Waals surface area (Å²) in [5.41, 5.74) is 0.897. The van der Waals surface area contributed by atoms with Crippen LogP contribution in [0.1, 0.15) is 50.4 Å². The average molecular weight is 691 g/mol. The maximum Gasteiger partial charge on any atom is 0.323 e. The minimum absolute atomic E-state index is 0.0737. The van der Waals surface area contributed by atoms with Gasteiger partial charge in [0.05, 0.1) is 30.4 Å². The van der Waals surface area contributed by atoms with E-state index in [1.807, 2.05) is 13.8 Å². The van der Waals surface area contributed by atoms with Gasteiger partial charge in [-0.1, -0.05) is 13.0 Å².